The fourth-order valence-corrected chi connectivity index (χ4v) is 2.87. The van der Waals surface area contributed by atoms with Crippen molar-refractivity contribution in [2.45, 2.75) is 18.9 Å². The second kappa shape index (κ2) is 6.23. The SMILES string of the molecule is COCC(=O)N1CCCC1c1cncc(-c2ccnn2C)n1. The maximum absolute atomic E-state index is 12.1. The van der Waals surface area contributed by atoms with Crippen molar-refractivity contribution in [1.82, 2.24) is 24.6 Å². The van der Waals surface area contributed by atoms with Crippen molar-refractivity contribution < 1.29 is 9.53 Å². The van der Waals surface area contributed by atoms with Gasteiger partial charge in [-0.15, -0.1) is 0 Å². The lowest BCUT2D eigenvalue weighted by molar-refractivity contribution is -0.136. The van der Waals surface area contributed by atoms with E-state index in [-0.39, 0.29) is 18.6 Å². The number of carbonyl (C=O) groups is 1. The Balaban J connectivity index is 1.88. The second-order valence-corrected chi connectivity index (χ2v) is 5.35. The Kier molecular flexibility index (Phi) is 4.15. The molecule has 0 radical (unpaired) electrons. The van der Waals surface area contributed by atoms with E-state index in [0.29, 0.717) is 0 Å². The lowest BCUT2D eigenvalue weighted by Crippen LogP contribution is -2.33. The minimum Gasteiger partial charge on any atom is -0.375 e. The summed E-state index contributed by atoms with van der Waals surface area (Å²) in [6.45, 7) is 0.843. The summed E-state index contributed by atoms with van der Waals surface area (Å²) >= 11 is 0. The maximum Gasteiger partial charge on any atom is 0.249 e. The molecular weight excluding hydrogens is 282 g/mol. The van der Waals surface area contributed by atoms with E-state index in [1.54, 1.807) is 23.3 Å². The van der Waals surface area contributed by atoms with Gasteiger partial charge in [-0.25, -0.2) is 4.98 Å². The van der Waals surface area contributed by atoms with Crippen LogP contribution in [0.25, 0.3) is 11.4 Å². The van der Waals surface area contributed by atoms with Gasteiger partial charge in [-0.3, -0.25) is 14.5 Å². The molecule has 0 saturated carbocycles. The molecule has 1 aliphatic heterocycles. The van der Waals surface area contributed by atoms with Crippen LogP contribution in [0.3, 0.4) is 0 Å². The van der Waals surface area contributed by atoms with Crippen LogP contribution in [-0.4, -0.2) is 50.8 Å². The molecule has 116 valence electrons. The lowest BCUT2D eigenvalue weighted by Gasteiger charge is -2.24. The van der Waals surface area contributed by atoms with E-state index < -0.39 is 0 Å². The summed E-state index contributed by atoms with van der Waals surface area (Å²) in [4.78, 5) is 23.0. The summed E-state index contributed by atoms with van der Waals surface area (Å²) < 4.78 is 6.72. The lowest BCUT2D eigenvalue weighted by atomic mass is 10.1. The molecule has 0 aromatic carbocycles. The summed E-state index contributed by atoms with van der Waals surface area (Å²) in [5.74, 6) is -0.00210. The van der Waals surface area contributed by atoms with E-state index >= 15 is 0 Å². The number of hydrogen-bond acceptors (Lipinski definition) is 5. The number of methoxy groups -OCH3 is 1. The summed E-state index contributed by atoms with van der Waals surface area (Å²) in [6, 6.07) is 1.87. The molecule has 3 heterocycles. The first-order valence-corrected chi connectivity index (χ1v) is 7.29. The molecular formula is C15H19N5O2. The fraction of sp³-hybridized carbons (Fsp3) is 0.467. The molecule has 0 bridgehead atoms. The number of ether oxygens (including phenoxy) is 1. The van der Waals surface area contributed by atoms with E-state index in [0.717, 1.165) is 36.5 Å². The third-order valence-corrected chi connectivity index (χ3v) is 3.92. The quantitative estimate of drug-likeness (QED) is 0.848. The third-order valence-electron chi connectivity index (χ3n) is 3.92. The normalized spacial score (nSPS) is 17.9. The Hall–Kier alpha value is -2.28. The van der Waals surface area contributed by atoms with Crippen LogP contribution in [0.2, 0.25) is 0 Å². The van der Waals surface area contributed by atoms with Crippen LogP contribution in [-0.2, 0) is 16.6 Å². The van der Waals surface area contributed by atoms with E-state index in [1.807, 2.05) is 18.0 Å². The zero-order valence-electron chi connectivity index (χ0n) is 12.8. The van der Waals surface area contributed by atoms with Gasteiger partial charge in [0.05, 0.1) is 29.8 Å². The van der Waals surface area contributed by atoms with Crippen LogP contribution in [0.4, 0.5) is 0 Å². The number of aryl methyl sites for hydroxylation is 1. The minimum absolute atomic E-state index is 0.00210. The van der Waals surface area contributed by atoms with Crippen molar-refractivity contribution in [2.75, 3.05) is 20.3 Å². The molecule has 1 saturated heterocycles. The number of aromatic nitrogens is 4. The first kappa shape index (κ1) is 14.6. The van der Waals surface area contributed by atoms with Crippen LogP contribution in [0.5, 0.6) is 0 Å². The zero-order chi connectivity index (χ0) is 15.5. The molecule has 1 atom stereocenters. The monoisotopic (exact) mass is 301 g/mol. The minimum atomic E-state index is -0.0247. The van der Waals surface area contributed by atoms with Gasteiger partial charge in [-0.05, 0) is 18.9 Å². The number of carbonyl (C=O) groups excluding carboxylic acids is 1. The maximum atomic E-state index is 12.1. The topological polar surface area (TPSA) is 73.1 Å². The van der Waals surface area contributed by atoms with Gasteiger partial charge in [0.15, 0.2) is 0 Å². The van der Waals surface area contributed by atoms with Crippen LogP contribution >= 0.6 is 0 Å². The van der Waals surface area contributed by atoms with Crippen LogP contribution < -0.4 is 0 Å². The molecule has 1 fully saturated rings. The summed E-state index contributed by atoms with van der Waals surface area (Å²) in [5.41, 5.74) is 2.49. The molecule has 3 rings (SSSR count). The number of hydrogen-bond donors (Lipinski definition) is 0. The highest BCUT2D eigenvalue weighted by atomic mass is 16.5. The largest absolute Gasteiger partial charge is 0.375 e. The highest BCUT2D eigenvalue weighted by Gasteiger charge is 2.31. The Labute approximate surface area is 128 Å². The molecule has 22 heavy (non-hydrogen) atoms. The number of nitrogens with zero attached hydrogens (tertiary/aromatic N) is 5. The first-order valence-electron chi connectivity index (χ1n) is 7.29. The highest BCUT2D eigenvalue weighted by Crippen LogP contribution is 2.31. The van der Waals surface area contributed by atoms with E-state index in [4.69, 9.17) is 9.72 Å². The molecule has 7 heteroatoms. The predicted octanol–water partition coefficient (Wildman–Crippen LogP) is 1.19. The van der Waals surface area contributed by atoms with Gasteiger partial charge in [-0.1, -0.05) is 0 Å². The summed E-state index contributed by atoms with van der Waals surface area (Å²) in [6.07, 6.45) is 7.06. The third kappa shape index (κ3) is 2.71. The van der Waals surface area contributed by atoms with Gasteiger partial charge in [0.1, 0.15) is 12.3 Å². The van der Waals surface area contributed by atoms with Crippen molar-refractivity contribution >= 4 is 5.91 Å². The van der Waals surface area contributed by atoms with Crippen LogP contribution in [0, 0.1) is 0 Å². The molecule has 1 amide bonds. The van der Waals surface area contributed by atoms with E-state index in [1.165, 1.54) is 7.11 Å². The van der Waals surface area contributed by atoms with E-state index in [2.05, 4.69) is 10.1 Å². The van der Waals surface area contributed by atoms with Crippen molar-refractivity contribution in [3.8, 4) is 11.4 Å². The molecule has 2 aromatic heterocycles. The van der Waals surface area contributed by atoms with E-state index in [9.17, 15) is 4.79 Å². The fourth-order valence-electron chi connectivity index (χ4n) is 2.87. The smallest absolute Gasteiger partial charge is 0.249 e. The highest BCUT2D eigenvalue weighted by molar-refractivity contribution is 5.78. The van der Waals surface area contributed by atoms with Gasteiger partial charge in [0.25, 0.3) is 0 Å². The Morgan fingerprint density at radius 3 is 3.05 bits per heavy atom. The van der Waals surface area contributed by atoms with Gasteiger partial charge in [-0.2, -0.15) is 5.10 Å². The first-order chi connectivity index (χ1) is 10.7. The molecule has 1 aliphatic rings. The molecule has 1 unspecified atom stereocenters. The van der Waals surface area contributed by atoms with Gasteiger partial charge in [0.2, 0.25) is 5.91 Å². The number of amides is 1. The molecule has 2 aromatic rings. The average molecular weight is 301 g/mol. The Bertz CT molecular complexity index is 669. The Morgan fingerprint density at radius 2 is 2.32 bits per heavy atom. The van der Waals surface area contributed by atoms with Gasteiger partial charge in [0, 0.05) is 26.9 Å². The predicted molar refractivity (Wildman–Crippen MR) is 79.8 cm³/mol. The van der Waals surface area contributed by atoms with Crippen LogP contribution in [0.15, 0.2) is 24.7 Å². The molecule has 0 N–H and O–H groups in total. The van der Waals surface area contributed by atoms with Crippen molar-refractivity contribution in [3.05, 3.63) is 30.4 Å². The molecule has 0 spiro atoms. The van der Waals surface area contributed by atoms with Gasteiger partial charge >= 0.3 is 0 Å². The van der Waals surface area contributed by atoms with Crippen molar-refractivity contribution in [3.63, 3.8) is 0 Å². The number of likely N-dealkylation sites (tertiary alicyclic amines) is 1. The van der Waals surface area contributed by atoms with Crippen molar-refractivity contribution in [2.24, 2.45) is 7.05 Å². The standard InChI is InChI=1S/C15H19N5O2/c1-19-13(5-6-17-19)11-8-16-9-12(18-11)14-4-3-7-20(14)15(21)10-22-2/h5-6,8-9,14H,3-4,7,10H2,1-2H3. The summed E-state index contributed by atoms with van der Waals surface area (Å²) in [5, 5.41) is 4.16. The molecule has 0 aliphatic carbocycles. The zero-order valence-corrected chi connectivity index (χ0v) is 12.8. The van der Waals surface area contributed by atoms with Crippen LogP contribution in [0.1, 0.15) is 24.6 Å². The molecule has 7 nitrogen and oxygen atoms in total. The second-order valence-electron chi connectivity index (χ2n) is 5.35. The van der Waals surface area contributed by atoms with Gasteiger partial charge < -0.3 is 9.64 Å². The van der Waals surface area contributed by atoms with Crippen molar-refractivity contribution in [1.29, 1.82) is 0 Å². The average Bonchev–Trinajstić information content (AvgIpc) is 3.16. The number of rotatable bonds is 4. The summed E-state index contributed by atoms with van der Waals surface area (Å²) in [7, 11) is 3.40. The Morgan fingerprint density at radius 1 is 1.45 bits per heavy atom.